The topological polar surface area (TPSA) is 182 Å². The normalized spacial score (nSPS) is 17.2. The average Bonchev–Trinajstić information content (AvgIpc) is 3.36. The van der Waals surface area contributed by atoms with Crippen LogP contribution in [0.25, 0.3) is 21.5 Å². The number of fused-ring (bicyclic) bond motifs is 2. The highest BCUT2D eigenvalue weighted by molar-refractivity contribution is 6.32. The number of amides is 1. The van der Waals surface area contributed by atoms with Gasteiger partial charge in [0.2, 0.25) is 0 Å². The summed E-state index contributed by atoms with van der Waals surface area (Å²) >= 11 is 23.1. The molecule has 8 rings (SSSR count). The van der Waals surface area contributed by atoms with Crippen LogP contribution in [0, 0.1) is 23.5 Å². The lowest BCUT2D eigenvalue weighted by molar-refractivity contribution is -0.192. The van der Waals surface area contributed by atoms with Crippen LogP contribution in [-0.2, 0) is 14.4 Å². The Labute approximate surface area is 443 Å². The van der Waals surface area contributed by atoms with Crippen LogP contribution in [0.15, 0.2) is 109 Å². The molecule has 394 valence electrons. The molecule has 0 atom stereocenters. The first-order valence-corrected chi connectivity index (χ1v) is 24.7. The number of carboxylic acids is 2. The Morgan fingerprint density at radius 1 is 0.554 bits per heavy atom. The van der Waals surface area contributed by atoms with Crippen molar-refractivity contribution in [3.8, 4) is 11.5 Å². The fourth-order valence-corrected chi connectivity index (χ4v) is 8.70. The molecule has 0 bridgehead atoms. The lowest BCUT2D eigenvalue weighted by Gasteiger charge is -2.28. The Morgan fingerprint density at radius 2 is 0.946 bits per heavy atom. The Balaban J connectivity index is 0.000000209. The molecule has 74 heavy (non-hydrogen) atoms. The Kier molecular flexibility index (Phi) is 22.3. The third-order valence-electron chi connectivity index (χ3n) is 12.0. The van der Waals surface area contributed by atoms with Crippen LogP contribution in [0.3, 0.4) is 0 Å². The first-order chi connectivity index (χ1) is 35.0. The summed E-state index contributed by atoms with van der Waals surface area (Å²) < 4.78 is 69.1. The number of rotatable bonds is 13. The van der Waals surface area contributed by atoms with Gasteiger partial charge in [0, 0.05) is 52.7 Å². The first-order valence-electron chi connectivity index (χ1n) is 23.2. The van der Waals surface area contributed by atoms with Crippen molar-refractivity contribution in [1.29, 1.82) is 0 Å². The highest BCUT2D eigenvalue weighted by Crippen LogP contribution is 2.30. The van der Waals surface area contributed by atoms with Gasteiger partial charge in [0.1, 0.15) is 36.3 Å². The maximum atomic E-state index is 13.5. The molecule has 2 aliphatic rings. The van der Waals surface area contributed by atoms with E-state index in [-0.39, 0.29) is 64.5 Å². The summed E-state index contributed by atoms with van der Waals surface area (Å²) in [6.07, 6.45) is 3.22. The molecule has 0 heterocycles. The van der Waals surface area contributed by atoms with E-state index in [2.05, 4.69) is 5.32 Å². The van der Waals surface area contributed by atoms with Gasteiger partial charge < -0.3 is 30.7 Å². The summed E-state index contributed by atoms with van der Waals surface area (Å²) in [6, 6.07) is 30.2. The second-order valence-electron chi connectivity index (χ2n) is 17.7. The van der Waals surface area contributed by atoms with Gasteiger partial charge in [-0.2, -0.15) is 13.2 Å². The summed E-state index contributed by atoms with van der Waals surface area (Å²) in [7, 11) is 0. The number of benzene rings is 6. The van der Waals surface area contributed by atoms with Crippen molar-refractivity contribution in [2.45, 2.75) is 82.5 Å². The molecule has 2 aliphatic carbocycles. The number of aliphatic carboxylic acids is 1. The van der Waals surface area contributed by atoms with Gasteiger partial charge in [0.25, 0.3) is 5.91 Å². The molecule has 0 radical (unpaired) electrons. The van der Waals surface area contributed by atoms with E-state index in [1.165, 1.54) is 30.3 Å². The van der Waals surface area contributed by atoms with Crippen LogP contribution in [0.2, 0.25) is 20.1 Å². The monoisotopic (exact) mass is 1110 g/mol. The zero-order chi connectivity index (χ0) is 54.1. The molecule has 6 aromatic carbocycles. The number of Topliss-reactive ketones (excluding diaryl/α,β-unsaturated/α-hetero) is 2. The van der Waals surface area contributed by atoms with Crippen LogP contribution < -0.4 is 20.5 Å². The van der Waals surface area contributed by atoms with Crippen molar-refractivity contribution in [1.82, 2.24) is 5.32 Å². The number of nitrogens with two attached hydrogens (primary N) is 1. The molecule has 11 nitrogen and oxygen atoms in total. The summed E-state index contributed by atoms with van der Waals surface area (Å²) in [5, 5.41) is 24.2. The smallest absolute Gasteiger partial charge is 0.486 e. The van der Waals surface area contributed by atoms with Crippen molar-refractivity contribution in [3.05, 3.63) is 152 Å². The number of nitrogens with one attached hydrogen (secondary N) is 1. The predicted octanol–water partition coefficient (Wildman–Crippen LogP) is 13.8. The van der Waals surface area contributed by atoms with E-state index in [9.17, 15) is 41.1 Å². The minimum absolute atomic E-state index is 0.0167. The molecule has 2 fully saturated rings. The fraction of sp³-hybridized carbons (Fsp3) is 0.315. The molecule has 20 heteroatoms. The van der Waals surface area contributed by atoms with Crippen molar-refractivity contribution in [3.63, 3.8) is 0 Å². The molecular formula is C54H51Cl4F5N2O9. The number of hydrogen-bond acceptors (Lipinski definition) is 8. The van der Waals surface area contributed by atoms with Crippen LogP contribution in [0.5, 0.6) is 11.5 Å². The average molecular weight is 1110 g/mol. The number of alkyl halides is 3. The number of carbonyl (C=O) groups excluding carboxylic acids is 3. The van der Waals surface area contributed by atoms with Crippen LogP contribution >= 0.6 is 46.4 Å². The van der Waals surface area contributed by atoms with E-state index in [4.69, 9.17) is 76.6 Å². The maximum absolute atomic E-state index is 13.5. The number of ether oxygens (including phenoxy) is 2. The standard InChI is InChI=1S/C26H24Cl2FNO3.C15H19ClFNO2.C11H7ClO2.C2HF3O2/c27-20-6-5-17-12-19(4-3-18(17)13-20)26(32)30-21-7-1-16(2-8-21)11-22(31)15-33-23-9-10-24(28)25(29)14-23;16-14-6-5-13(8-15(14)17)20-9-12(19)7-10-1-3-11(18)4-2-10;12-10-4-3-7-5-9(11(13)14)2-1-8(7)6-10;3-2(4,5)1(6)7/h3-6,9-10,12-14,16,21H,1-2,7-8,11,15H2,(H,30,32);5-6,8,10-11H,1-4,7,9,18H2;1-6H,(H,13,14);(H,6,7). The number of ketones is 2. The SMILES string of the molecule is NC1CCC(CC(=O)COc2ccc(Cl)c(F)c2)CC1.O=C(COc1ccc(Cl)c(F)c1)CC1CCC(NC(=O)c2ccc3cc(Cl)ccc3c2)CC1.O=C(O)C(F)(F)F.O=C(O)c1ccc2cc(Cl)ccc2c1. The van der Waals surface area contributed by atoms with Crippen LogP contribution in [0.4, 0.5) is 22.0 Å². The second-order valence-corrected chi connectivity index (χ2v) is 19.4. The van der Waals surface area contributed by atoms with Crippen molar-refractivity contribution < 1.29 is 65.6 Å². The summed E-state index contributed by atoms with van der Waals surface area (Å²) in [5.41, 5.74) is 6.75. The number of halogens is 9. The lowest BCUT2D eigenvalue weighted by atomic mass is 9.83. The van der Waals surface area contributed by atoms with Crippen molar-refractivity contribution in [2.75, 3.05) is 13.2 Å². The molecule has 1 amide bonds. The third-order valence-corrected chi connectivity index (χ3v) is 13.1. The zero-order valence-electron chi connectivity index (χ0n) is 39.4. The van der Waals surface area contributed by atoms with E-state index in [0.717, 1.165) is 72.9 Å². The summed E-state index contributed by atoms with van der Waals surface area (Å²) in [5.74, 6) is -3.57. The number of carboxylic acid groups (broad SMARTS) is 2. The van der Waals surface area contributed by atoms with Crippen molar-refractivity contribution in [2.24, 2.45) is 17.6 Å². The Morgan fingerprint density at radius 3 is 1.36 bits per heavy atom. The first kappa shape index (κ1) is 58.8. The van der Waals surface area contributed by atoms with Gasteiger partial charge in [-0.25, -0.2) is 18.4 Å². The second kappa shape index (κ2) is 28.0. The Hall–Kier alpha value is -6.04. The highest BCUT2D eigenvalue weighted by Gasteiger charge is 2.38. The highest BCUT2D eigenvalue weighted by atomic mass is 35.5. The van der Waals surface area contributed by atoms with E-state index < -0.39 is 29.7 Å². The van der Waals surface area contributed by atoms with Gasteiger partial charge in [-0.05, 0) is 158 Å². The number of aromatic carboxylic acids is 1. The van der Waals surface area contributed by atoms with Gasteiger partial charge in [0.15, 0.2) is 11.6 Å². The maximum Gasteiger partial charge on any atom is 0.490 e. The number of carbonyl (C=O) groups is 5. The van der Waals surface area contributed by atoms with Gasteiger partial charge in [-0.15, -0.1) is 0 Å². The van der Waals surface area contributed by atoms with E-state index in [1.54, 1.807) is 30.3 Å². The van der Waals surface area contributed by atoms with Gasteiger partial charge in [-0.1, -0.05) is 70.7 Å². The molecule has 2 saturated carbocycles. The molecule has 0 spiro atoms. The minimum Gasteiger partial charge on any atom is -0.486 e. The Bertz CT molecular complexity index is 2930. The van der Waals surface area contributed by atoms with E-state index in [1.807, 2.05) is 48.5 Å². The molecule has 0 aromatic heterocycles. The van der Waals surface area contributed by atoms with Gasteiger partial charge in [-0.3, -0.25) is 14.4 Å². The minimum atomic E-state index is -5.08. The van der Waals surface area contributed by atoms with Gasteiger partial charge in [0.05, 0.1) is 15.6 Å². The lowest BCUT2D eigenvalue weighted by Crippen LogP contribution is -2.38. The largest absolute Gasteiger partial charge is 0.490 e. The van der Waals surface area contributed by atoms with Crippen LogP contribution in [0.1, 0.15) is 84.9 Å². The molecular weight excluding hydrogens is 1060 g/mol. The third kappa shape index (κ3) is 19.3. The molecule has 0 saturated heterocycles. The molecule has 0 unspecified atom stereocenters. The van der Waals surface area contributed by atoms with Crippen LogP contribution in [-0.4, -0.2) is 71.1 Å². The van der Waals surface area contributed by atoms with Crippen molar-refractivity contribution >= 4 is 97.4 Å². The van der Waals surface area contributed by atoms with E-state index in [0.29, 0.717) is 45.7 Å². The quantitative estimate of drug-likeness (QED) is 0.0812. The number of hydrogen-bond donors (Lipinski definition) is 4. The zero-order valence-corrected chi connectivity index (χ0v) is 42.4. The molecule has 5 N–H and O–H groups in total. The molecule has 0 aliphatic heterocycles. The summed E-state index contributed by atoms with van der Waals surface area (Å²) in [4.78, 5) is 56.4. The molecule has 6 aromatic rings. The predicted molar refractivity (Wildman–Crippen MR) is 275 cm³/mol. The van der Waals surface area contributed by atoms with E-state index >= 15 is 0 Å². The van der Waals surface area contributed by atoms with Gasteiger partial charge >= 0.3 is 18.1 Å². The summed E-state index contributed by atoms with van der Waals surface area (Å²) in [6.45, 7) is -0.117. The fourth-order valence-electron chi connectivity index (χ4n) is 8.10.